The molecule has 0 spiro atoms. The second-order valence-electron chi connectivity index (χ2n) is 4.89. The molecule has 0 heterocycles. The standard InChI is InChI=1S/C13H23N/c1-3-7-12(8-4-1)11-14-13-9-5-2-6-10-13/h2,5,12-14H,1,3-4,6-11H2. The second kappa shape index (κ2) is 5.55. The quantitative estimate of drug-likeness (QED) is 0.678. The molecule has 2 aliphatic rings. The Balaban J connectivity index is 1.63. The number of allylic oxidation sites excluding steroid dienone is 1. The third-order valence-electron chi connectivity index (χ3n) is 3.69. The van der Waals surface area contributed by atoms with Crippen molar-refractivity contribution < 1.29 is 0 Å². The fraction of sp³-hybridized carbons (Fsp3) is 0.846. The summed E-state index contributed by atoms with van der Waals surface area (Å²) in [6.45, 7) is 1.28. The molecule has 0 aromatic rings. The lowest BCUT2D eigenvalue weighted by Gasteiger charge is -2.26. The van der Waals surface area contributed by atoms with Crippen LogP contribution >= 0.6 is 0 Å². The molecule has 1 fully saturated rings. The summed E-state index contributed by atoms with van der Waals surface area (Å²) in [6.07, 6.45) is 15.9. The summed E-state index contributed by atoms with van der Waals surface area (Å²) in [4.78, 5) is 0. The zero-order valence-electron chi connectivity index (χ0n) is 9.17. The molecule has 0 aromatic carbocycles. The molecular weight excluding hydrogens is 170 g/mol. The summed E-state index contributed by atoms with van der Waals surface area (Å²) < 4.78 is 0. The Kier molecular flexibility index (Phi) is 4.05. The topological polar surface area (TPSA) is 12.0 Å². The van der Waals surface area contributed by atoms with Crippen LogP contribution in [0.2, 0.25) is 0 Å². The number of hydrogen-bond acceptors (Lipinski definition) is 1. The molecular formula is C13H23N. The molecule has 1 atom stereocenters. The third kappa shape index (κ3) is 3.13. The fourth-order valence-electron chi connectivity index (χ4n) is 2.70. The van der Waals surface area contributed by atoms with E-state index in [0.29, 0.717) is 0 Å². The highest BCUT2D eigenvalue weighted by atomic mass is 14.9. The van der Waals surface area contributed by atoms with Crippen molar-refractivity contribution in [2.75, 3.05) is 6.54 Å². The third-order valence-corrected chi connectivity index (χ3v) is 3.69. The summed E-state index contributed by atoms with van der Waals surface area (Å²) >= 11 is 0. The Labute approximate surface area is 88.0 Å². The molecule has 2 rings (SSSR count). The normalized spacial score (nSPS) is 29.3. The number of nitrogens with one attached hydrogen (secondary N) is 1. The van der Waals surface area contributed by atoms with Gasteiger partial charge in [0, 0.05) is 6.04 Å². The van der Waals surface area contributed by atoms with Crippen LogP contribution in [0.3, 0.4) is 0 Å². The molecule has 0 aliphatic heterocycles. The first-order valence-corrected chi connectivity index (χ1v) is 6.33. The molecule has 0 aromatic heterocycles. The summed E-state index contributed by atoms with van der Waals surface area (Å²) in [7, 11) is 0. The Morgan fingerprint density at radius 1 is 1.00 bits per heavy atom. The van der Waals surface area contributed by atoms with Gasteiger partial charge in [-0.2, -0.15) is 0 Å². The van der Waals surface area contributed by atoms with Gasteiger partial charge in [-0.05, 0) is 44.6 Å². The van der Waals surface area contributed by atoms with Crippen LogP contribution in [0.25, 0.3) is 0 Å². The van der Waals surface area contributed by atoms with Gasteiger partial charge in [-0.15, -0.1) is 0 Å². The zero-order chi connectivity index (χ0) is 9.64. The van der Waals surface area contributed by atoms with E-state index >= 15 is 0 Å². The molecule has 2 aliphatic carbocycles. The maximum atomic E-state index is 3.74. The second-order valence-corrected chi connectivity index (χ2v) is 4.89. The van der Waals surface area contributed by atoms with E-state index in [4.69, 9.17) is 0 Å². The van der Waals surface area contributed by atoms with Gasteiger partial charge in [0.25, 0.3) is 0 Å². The molecule has 14 heavy (non-hydrogen) atoms. The Morgan fingerprint density at radius 2 is 1.86 bits per heavy atom. The highest BCUT2D eigenvalue weighted by molar-refractivity contribution is 4.93. The van der Waals surface area contributed by atoms with Crippen LogP contribution in [0, 0.1) is 5.92 Å². The first-order chi connectivity index (χ1) is 6.95. The van der Waals surface area contributed by atoms with Crippen molar-refractivity contribution in [3.63, 3.8) is 0 Å². The lowest BCUT2D eigenvalue weighted by Crippen LogP contribution is -2.34. The zero-order valence-corrected chi connectivity index (χ0v) is 9.17. The van der Waals surface area contributed by atoms with E-state index < -0.39 is 0 Å². The molecule has 1 nitrogen and oxygen atoms in total. The van der Waals surface area contributed by atoms with E-state index in [9.17, 15) is 0 Å². The highest BCUT2D eigenvalue weighted by Gasteiger charge is 2.15. The SMILES string of the molecule is C1=CCC(NCC2CCCCC2)CC1. The average Bonchev–Trinajstić information content (AvgIpc) is 2.29. The Morgan fingerprint density at radius 3 is 2.57 bits per heavy atom. The van der Waals surface area contributed by atoms with Crippen molar-refractivity contribution in [1.82, 2.24) is 5.32 Å². The van der Waals surface area contributed by atoms with Crippen molar-refractivity contribution in [2.45, 2.75) is 57.4 Å². The largest absolute Gasteiger partial charge is 0.313 e. The maximum absolute atomic E-state index is 3.74. The molecule has 1 unspecified atom stereocenters. The van der Waals surface area contributed by atoms with Crippen LogP contribution in [0.1, 0.15) is 51.4 Å². The van der Waals surface area contributed by atoms with E-state index in [1.807, 2.05) is 0 Å². The van der Waals surface area contributed by atoms with Crippen molar-refractivity contribution in [3.05, 3.63) is 12.2 Å². The van der Waals surface area contributed by atoms with E-state index in [2.05, 4.69) is 17.5 Å². The summed E-state index contributed by atoms with van der Waals surface area (Å²) in [5.41, 5.74) is 0. The van der Waals surface area contributed by atoms with Gasteiger partial charge in [0.15, 0.2) is 0 Å². The van der Waals surface area contributed by atoms with E-state index in [-0.39, 0.29) is 0 Å². The van der Waals surface area contributed by atoms with Crippen LogP contribution < -0.4 is 5.32 Å². The van der Waals surface area contributed by atoms with Crippen molar-refractivity contribution in [2.24, 2.45) is 5.92 Å². The first kappa shape index (κ1) is 10.2. The van der Waals surface area contributed by atoms with Crippen molar-refractivity contribution in [1.29, 1.82) is 0 Å². The van der Waals surface area contributed by atoms with Gasteiger partial charge in [0.05, 0.1) is 0 Å². The summed E-state index contributed by atoms with van der Waals surface area (Å²) in [5, 5.41) is 3.74. The molecule has 0 radical (unpaired) electrons. The van der Waals surface area contributed by atoms with Crippen LogP contribution in [-0.2, 0) is 0 Å². The molecule has 1 heteroatoms. The molecule has 0 saturated heterocycles. The summed E-state index contributed by atoms with van der Waals surface area (Å²) in [6, 6.07) is 0.780. The van der Waals surface area contributed by atoms with Gasteiger partial charge in [-0.3, -0.25) is 0 Å². The van der Waals surface area contributed by atoms with E-state index in [0.717, 1.165) is 12.0 Å². The number of hydrogen-bond donors (Lipinski definition) is 1. The monoisotopic (exact) mass is 193 g/mol. The van der Waals surface area contributed by atoms with E-state index in [1.54, 1.807) is 0 Å². The van der Waals surface area contributed by atoms with Gasteiger partial charge in [-0.25, -0.2) is 0 Å². The molecule has 0 amide bonds. The van der Waals surface area contributed by atoms with Crippen molar-refractivity contribution >= 4 is 0 Å². The predicted molar refractivity (Wildman–Crippen MR) is 61.4 cm³/mol. The predicted octanol–water partition coefficient (Wildman–Crippen LogP) is 3.27. The fourth-order valence-corrected chi connectivity index (χ4v) is 2.70. The average molecular weight is 193 g/mol. The smallest absolute Gasteiger partial charge is 0.0105 e. The van der Waals surface area contributed by atoms with E-state index in [1.165, 1.54) is 57.9 Å². The van der Waals surface area contributed by atoms with Gasteiger partial charge in [-0.1, -0.05) is 31.4 Å². The van der Waals surface area contributed by atoms with Crippen LogP contribution in [0.15, 0.2) is 12.2 Å². The minimum absolute atomic E-state index is 0.780. The minimum atomic E-state index is 0.780. The van der Waals surface area contributed by atoms with Crippen LogP contribution in [-0.4, -0.2) is 12.6 Å². The Hall–Kier alpha value is -0.300. The van der Waals surface area contributed by atoms with Gasteiger partial charge in [0.2, 0.25) is 0 Å². The lowest BCUT2D eigenvalue weighted by atomic mass is 9.89. The van der Waals surface area contributed by atoms with Crippen LogP contribution in [0.5, 0.6) is 0 Å². The van der Waals surface area contributed by atoms with Crippen LogP contribution in [0.4, 0.5) is 0 Å². The maximum Gasteiger partial charge on any atom is 0.0105 e. The van der Waals surface area contributed by atoms with Gasteiger partial charge >= 0.3 is 0 Å². The number of rotatable bonds is 3. The molecule has 0 bridgehead atoms. The minimum Gasteiger partial charge on any atom is -0.313 e. The highest BCUT2D eigenvalue weighted by Crippen LogP contribution is 2.23. The molecule has 1 N–H and O–H groups in total. The lowest BCUT2D eigenvalue weighted by molar-refractivity contribution is 0.321. The first-order valence-electron chi connectivity index (χ1n) is 6.33. The summed E-state index contributed by atoms with van der Waals surface area (Å²) in [5.74, 6) is 0.981. The molecule has 1 saturated carbocycles. The van der Waals surface area contributed by atoms with Gasteiger partial charge in [0.1, 0.15) is 0 Å². The Bertz CT molecular complexity index is 180. The van der Waals surface area contributed by atoms with Gasteiger partial charge < -0.3 is 5.32 Å². The van der Waals surface area contributed by atoms with Crippen molar-refractivity contribution in [3.8, 4) is 0 Å². The molecule has 80 valence electrons.